The molecule has 0 saturated heterocycles. The maximum atomic E-state index is 13.3. The summed E-state index contributed by atoms with van der Waals surface area (Å²) in [6, 6.07) is 11.1. The number of hydrogen-bond donors (Lipinski definition) is 1. The molecule has 0 fully saturated rings. The Morgan fingerprint density at radius 1 is 1.24 bits per heavy atom. The molecule has 2 unspecified atom stereocenters. The molecule has 0 aliphatic carbocycles. The highest BCUT2D eigenvalue weighted by atomic mass is 35.5. The molecule has 0 saturated carbocycles. The highest BCUT2D eigenvalue weighted by molar-refractivity contribution is 6.30. The SMILES string of the molecule is CNC1CC(c2ccc(F)c(Cl)c2)Oc2ccc(C)cc21. The summed E-state index contributed by atoms with van der Waals surface area (Å²) in [5.74, 6) is 0.467. The van der Waals surface area contributed by atoms with Gasteiger partial charge in [0.2, 0.25) is 0 Å². The van der Waals surface area contributed by atoms with E-state index in [2.05, 4.69) is 18.3 Å². The van der Waals surface area contributed by atoms with Crippen molar-refractivity contribution in [2.75, 3.05) is 7.05 Å². The van der Waals surface area contributed by atoms with Gasteiger partial charge in [-0.05, 0) is 37.7 Å². The Kier molecular flexibility index (Phi) is 3.87. The number of fused-ring (bicyclic) bond motifs is 1. The van der Waals surface area contributed by atoms with Crippen molar-refractivity contribution in [3.05, 3.63) is 63.9 Å². The van der Waals surface area contributed by atoms with Crippen LogP contribution in [0.4, 0.5) is 4.39 Å². The first-order valence-electron chi connectivity index (χ1n) is 6.98. The molecule has 0 aromatic heterocycles. The summed E-state index contributed by atoms with van der Waals surface area (Å²) < 4.78 is 19.4. The maximum Gasteiger partial charge on any atom is 0.141 e. The molecule has 1 aliphatic heterocycles. The van der Waals surface area contributed by atoms with E-state index in [1.165, 1.54) is 17.2 Å². The van der Waals surface area contributed by atoms with Gasteiger partial charge < -0.3 is 10.1 Å². The Balaban J connectivity index is 1.96. The lowest BCUT2D eigenvalue weighted by Crippen LogP contribution is -2.26. The van der Waals surface area contributed by atoms with Crippen molar-refractivity contribution in [3.8, 4) is 5.75 Å². The fraction of sp³-hybridized carbons (Fsp3) is 0.294. The minimum absolute atomic E-state index is 0.129. The van der Waals surface area contributed by atoms with Gasteiger partial charge in [0.1, 0.15) is 17.7 Å². The second-order valence-corrected chi connectivity index (χ2v) is 5.81. The average molecular weight is 306 g/mol. The van der Waals surface area contributed by atoms with Gasteiger partial charge >= 0.3 is 0 Å². The van der Waals surface area contributed by atoms with Crippen molar-refractivity contribution >= 4 is 11.6 Å². The summed E-state index contributed by atoms with van der Waals surface area (Å²) in [6.07, 6.45) is 0.658. The van der Waals surface area contributed by atoms with Crippen LogP contribution in [0.25, 0.3) is 0 Å². The molecule has 1 aliphatic rings. The summed E-state index contributed by atoms with van der Waals surface area (Å²) in [5.41, 5.74) is 3.27. The molecule has 1 heterocycles. The molecule has 2 atom stereocenters. The number of halogens is 2. The van der Waals surface area contributed by atoms with Crippen LogP contribution in [-0.2, 0) is 0 Å². The van der Waals surface area contributed by atoms with Crippen LogP contribution in [0.5, 0.6) is 5.75 Å². The van der Waals surface area contributed by atoms with Gasteiger partial charge in [-0.25, -0.2) is 4.39 Å². The van der Waals surface area contributed by atoms with Gasteiger partial charge in [0.15, 0.2) is 0 Å². The Morgan fingerprint density at radius 3 is 2.76 bits per heavy atom. The van der Waals surface area contributed by atoms with Crippen LogP contribution in [0.15, 0.2) is 36.4 Å². The molecule has 3 rings (SSSR count). The number of aryl methyl sites for hydroxylation is 1. The highest BCUT2D eigenvalue weighted by Gasteiger charge is 2.28. The molecule has 1 N–H and O–H groups in total. The van der Waals surface area contributed by atoms with Crippen LogP contribution in [-0.4, -0.2) is 7.05 Å². The first-order valence-corrected chi connectivity index (χ1v) is 7.35. The number of nitrogens with one attached hydrogen (secondary N) is 1. The predicted octanol–water partition coefficient (Wildman–Crippen LogP) is 4.57. The zero-order chi connectivity index (χ0) is 15.0. The van der Waals surface area contributed by atoms with E-state index in [0.717, 1.165) is 17.7 Å². The van der Waals surface area contributed by atoms with Crippen molar-refractivity contribution in [1.29, 1.82) is 0 Å². The van der Waals surface area contributed by atoms with Crippen molar-refractivity contribution in [2.45, 2.75) is 25.5 Å². The largest absolute Gasteiger partial charge is 0.485 e. The van der Waals surface area contributed by atoms with E-state index in [1.807, 2.05) is 19.2 Å². The maximum absolute atomic E-state index is 13.3. The molecule has 0 spiro atoms. The summed E-state index contributed by atoms with van der Waals surface area (Å²) in [6.45, 7) is 2.07. The van der Waals surface area contributed by atoms with Crippen molar-refractivity contribution in [1.82, 2.24) is 5.32 Å². The number of ether oxygens (including phenoxy) is 1. The zero-order valence-electron chi connectivity index (χ0n) is 12.0. The topological polar surface area (TPSA) is 21.3 Å². The minimum Gasteiger partial charge on any atom is -0.485 e. The fourth-order valence-corrected chi connectivity index (χ4v) is 2.97. The summed E-state index contributed by atoms with van der Waals surface area (Å²) in [5, 5.41) is 3.46. The first-order chi connectivity index (χ1) is 10.1. The molecule has 110 valence electrons. The lowest BCUT2D eigenvalue weighted by Gasteiger charge is -2.32. The van der Waals surface area contributed by atoms with Crippen LogP contribution in [0.2, 0.25) is 5.02 Å². The molecule has 0 bridgehead atoms. The normalized spacial score (nSPS) is 20.8. The molecule has 4 heteroatoms. The average Bonchev–Trinajstić information content (AvgIpc) is 2.49. The van der Waals surface area contributed by atoms with E-state index in [9.17, 15) is 4.39 Å². The quantitative estimate of drug-likeness (QED) is 0.877. The molecular weight excluding hydrogens is 289 g/mol. The summed E-state index contributed by atoms with van der Waals surface area (Å²) in [7, 11) is 1.94. The third-order valence-electron chi connectivity index (χ3n) is 3.92. The molecule has 2 aromatic rings. The van der Waals surface area contributed by atoms with E-state index in [4.69, 9.17) is 16.3 Å². The van der Waals surface area contributed by atoms with E-state index in [1.54, 1.807) is 12.1 Å². The van der Waals surface area contributed by atoms with Gasteiger partial charge in [-0.15, -0.1) is 0 Å². The lowest BCUT2D eigenvalue weighted by atomic mass is 9.92. The number of rotatable bonds is 2. The molecule has 2 nitrogen and oxygen atoms in total. The highest BCUT2D eigenvalue weighted by Crippen LogP contribution is 2.41. The van der Waals surface area contributed by atoms with Gasteiger partial charge in [-0.3, -0.25) is 0 Å². The summed E-state index contributed by atoms with van der Waals surface area (Å²) in [4.78, 5) is 0. The fourth-order valence-electron chi connectivity index (χ4n) is 2.78. The van der Waals surface area contributed by atoms with Gasteiger partial charge in [0.05, 0.1) is 5.02 Å². The second kappa shape index (κ2) is 5.66. The van der Waals surface area contributed by atoms with E-state index < -0.39 is 5.82 Å². The Hall–Kier alpha value is -1.58. The third-order valence-corrected chi connectivity index (χ3v) is 4.21. The van der Waals surface area contributed by atoms with Gasteiger partial charge in [-0.2, -0.15) is 0 Å². The van der Waals surface area contributed by atoms with E-state index >= 15 is 0 Å². The van der Waals surface area contributed by atoms with Crippen LogP contribution < -0.4 is 10.1 Å². The van der Waals surface area contributed by atoms with Crippen molar-refractivity contribution in [3.63, 3.8) is 0 Å². The Labute approximate surface area is 128 Å². The monoisotopic (exact) mass is 305 g/mol. The standard InChI is InChI=1S/C17H17ClFNO/c1-10-3-6-16-12(7-10)15(20-2)9-17(21-16)11-4-5-14(19)13(18)8-11/h3-8,15,17,20H,9H2,1-2H3. The number of benzene rings is 2. The van der Waals surface area contributed by atoms with Crippen LogP contribution in [0.1, 0.15) is 35.3 Å². The minimum atomic E-state index is -0.405. The molecule has 2 aromatic carbocycles. The summed E-state index contributed by atoms with van der Waals surface area (Å²) >= 11 is 5.88. The van der Waals surface area contributed by atoms with Gasteiger partial charge in [0.25, 0.3) is 0 Å². The zero-order valence-corrected chi connectivity index (χ0v) is 12.7. The third kappa shape index (κ3) is 2.76. The van der Waals surface area contributed by atoms with Crippen molar-refractivity contribution in [2.24, 2.45) is 0 Å². The molecule has 0 amide bonds. The second-order valence-electron chi connectivity index (χ2n) is 5.40. The lowest BCUT2D eigenvalue weighted by molar-refractivity contribution is 0.154. The molecule has 0 radical (unpaired) electrons. The number of hydrogen-bond acceptors (Lipinski definition) is 2. The Bertz CT molecular complexity index is 674. The molecule has 21 heavy (non-hydrogen) atoms. The van der Waals surface area contributed by atoms with Crippen LogP contribution in [0, 0.1) is 12.7 Å². The predicted molar refractivity (Wildman–Crippen MR) is 82.4 cm³/mol. The van der Waals surface area contributed by atoms with E-state index in [-0.39, 0.29) is 17.2 Å². The van der Waals surface area contributed by atoms with Gasteiger partial charge in [-0.1, -0.05) is 35.4 Å². The first kappa shape index (κ1) is 14.4. The smallest absolute Gasteiger partial charge is 0.141 e. The van der Waals surface area contributed by atoms with Crippen LogP contribution in [0.3, 0.4) is 0 Å². The molecular formula is C17H17ClFNO. The Morgan fingerprint density at radius 2 is 2.05 bits per heavy atom. The van der Waals surface area contributed by atoms with Crippen molar-refractivity contribution < 1.29 is 9.13 Å². The van der Waals surface area contributed by atoms with Gasteiger partial charge in [0, 0.05) is 18.0 Å². The van der Waals surface area contributed by atoms with Crippen LogP contribution >= 0.6 is 11.6 Å². The van der Waals surface area contributed by atoms with E-state index in [0.29, 0.717) is 0 Å².